The Morgan fingerprint density at radius 1 is 1.32 bits per heavy atom. The molecule has 0 saturated carbocycles. The van der Waals surface area contributed by atoms with Gasteiger partial charge in [0.25, 0.3) is 0 Å². The van der Waals surface area contributed by atoms with Gasteiger partial charge in [-0.1, -0.05) is 6.92 Å². The molecule has 2 aromatic rings. The number of hydrogen-bond donors (Lipinski definition) is 3. The first kappa shape index (κ1) is 13.5. The third-order valence-electron chi connectivity index (χ3n) is 2.58. The first-order valence-corrected chi connectivity index (χ1v) is 7.15. The zero-order valence-corrected chi connectivity index (χ0v) is 11.9. The highest BCUT2D eigenvalue weighted by molar-refractivity contribution is 7.09. The Labute approximate surface area is 116 Å². The van der Waals surface area contributed by atoms with E-state index in [1.165, 1.54) is 0 Å². The summed E-state index contributed by atoms with van der Waals surface area (Å²) in [5, 5.41) is 9.49. The molecule has 19 heavy (non-hydrogen) atoms. The van der Waals surface area contributed by atoms with Gasteiger partial charge in [-0.3, -0.25) is 0 Å². The molecule has 0 amide bonds. The zero-order chi connectivity index (χ0) is 13.7. The molecule has 102 valence electrons. The smallest absolute Gasteiger partial charge is 0.223 e. The highest BCUT2D eigenvalue weighted by atomic mass is 32.1. The van der Waals surface area contributed by atoms with Crippen molar-refractivity contribution < 1.29 is 0 Å². The van der Waals surface area contributed by atoms with Crippen LogP contribution >= 0.6 is 11.3 Å². The van der Waals surface area contributed by atoms with E-state index in [-0.39, 0.29) is 12.0 Å². The minimum absolute atomic E-state index is 0.142. The van der Waals surface area contributed by atoms with Gasteiger partial charge >= 0.3 is 0 Å². The molecule has 1 unspecified atom stereocenters. The lowest BCUT2D eigenvalue weighted by molar-refractivity contribution is 0.737. The minimum atomic E-state index is 0.142. The van der Waals surface area contributed by atoms with E-state index in [1.54, 1.807) is 11.3 Å². The normalized spacial score (nSPS) is 12.1. The van der Waals surface area contributed by atoms with E-state index in [1.807, 2.05) is 24.6 Å². The first-order valence-electron chi connectivity index (χ1n) is 6.27. The average Bonchev–Trinajstić information content (AvgIpc) is 2.89. The second-order valence-corrected chi connectivity index (χ2v) is 4.93. The quantitative estimate of drug-likeness (QED) is 0.752. The maximum atomic E-state index is 5.71. The fraction of sp³-hybridized carbons (Fsp3) is 0.417. The van der Waals surface area contributed by atoms with Crippen molar-refractivity contribution in [3.05, 3.63) is 22.7 Å². The molecular formula is C12H18N6S. The molecule has 2 aromatic heterocycles. The van der Waals surface area contributed by atoms with Crippen molar-refractivity contribution in [2.75, 3.05) is 22.9 Å². The van der Waals surface area contributed by atoms with Gasteiger partial charge in [-0.05, 0) is 13.3 Å². The lowest BCUT2D eigenvalue weighted by atomic mass is 10.2. The fourth-order valence-corrected chi connectivity index (χ4v) is 2.51. The molecular weight excluding hydrogens is 260 g/mol. The van der Waals surface area contributed by atoms with Crippen molar-refractivity contribution in [2.24, 2.45) is 0 Å². The van der Waals surface area contributed by atoms with E-state index in [2.05, 4.69) is 32.5 Å². The van der Waals surface area contributed by atoms with Crippen LogP contribution in [0.3, 0.4) is 0 Å². The standard InChI is InChI=1S/C12H18N6S/c1-3-8(11-15-5-6-19-11)16-10-7-9(14-4-2)17-12(13)18-10/h5-8H,3-4H2,1-2H3,(H4,13,14,16,17,18). The van der Waals surface area contributed by atoms with Crippen molar-refractivity contribution in [2.45, 2.75) is 26.3 Å². The Hall–Kier alpha value is -1.89. The molecule has 0 aliphatic rings. The van der Waals surface area contributed by atoms with Crippen LogP contribution in [0.4, 0.5) is 17.6 Å². The van der Waals surface area contributed by atoms with Gasteiger partial charge in [0.15, 0.2) is 0 Å². The Morgan fingerprint density at radius 3 is 2.74 bits per heavy atom. The van der Waals surface area contributed by atoms with Gasteiger partial charge in [-0.25, -0.2) is 4.98 Å². The summed E-state index contributed by atoms with van der Waals surface area (Å²) in [5.41, 5.74) is 5.71. The lowest BCUT2D eigenvalue weighted by Crippen LogP contribution is -2.12. The van der Waals surface area contributed by atoms with Gasteiger partial charge in [0, 0.05) is 24.2 Å². The van der Waals surface area contributed by atoms with E-state index in [0.717, 1.165) is 23.8 Å². The fourth-order valence-electron chi connectivity index (χ4n) is 1.73. The van der Waals surface area contributed by atoms with Crippen LogP contribution in [0, 0.1) is 0 Å². The Kier molecular flexibility index (Phi) is 4.51. The van der Waals surface area contributed by atoms with E-state index in [9.17, 15) is 0 Å². The number of hydrogen-bond acceptors (Lipinski definition) is 7. The van der Waals surface area contributed by atoms with Crippen molar-refractivity contribution in [3.8, 4) is 0 Å². The third kappa shape index (κ3) is 3.54. The molecule has 0 radical (unpaired) electrons. The van der Waals surface area contributed by atoms with Crippen molar-refractivity contribution in [1.29, 1.82) is 0 Å². The Morgan fingerprint density at radius 2 is 2.11 bits per heavy atom. The van der Waals surface area contributed by atoms with Crippen LogP contribution in [0.25, 0.3) is 0 Å². The predicted octanol–water partition coefficient (Wildman–Crippen LogP) is 2.51. The summed E-state index contributed by atoms with van der Waals surface area (Å²) in [4.78, 5) is 12.7. The molecule has 0 saturated heterocycles. The average molecular weight is 278 g/mol. The minimum Gasteiger partial charge on any atom is -0.370 e. The number of nitrogen functional groups attached to an aromatic ring is 1. The molecule has 2 rings (SSSR count). The van der Waals surface area contributed by atoms with Gasteiger partial charge < -0.3 is 16.4 Å². The molecule has 0 aromatic carbocycles. The number of nitrogens with zero attached hydrogens (tertiary/aromatic N) is 3. The largest absolute Gasteiger partial charge is 0.370 e. The number of rotatable bonds is 6. The van der Waals surface area contributed by atoms with Crippen LogP contribution in [-0.2, 0) is 0 Å². The van der Waals surface area contributed by atoms with Crippen LogP contribution in [-0.4, -0.2) is 21.5 Å². The second kappa shape index (κ2) is 6.33. The van der Waals surface area contributed by atoms with E-state index in [0.29, 0.717) is 5.82 Å². The monoisotopic (exact) mass is 278 g/mol. The van der Waals surface area contributed by atoms with Gasteiger partial charge in [-0.2, -0.15) is 9.97 Å². The number of thiazole rings is 1. The third-order valence-corrected chi connectivity index (χ3v) is 3.47. The molecule has 1 atom stereocenters. The summed E-state index contributed by atoms with van der Waals surface area (Å²) in [6.45, 7) is 4.91. The van der Waals surface area contributed by atoms with Crippen LogP contribution in [0.1, 0.15) is 31.3 Å². The van der Waals surface area contributed by atoms with Crippen molar-refractivity contribution >= 4 is 28.9 Å². The van der Waals surface area contributed by atoms with Crippen LogP contribution in [0.2, 0.25) is 0 Å². The Balaban J connectivity index is 2.17. The van der Waals surface area contributed by atoms with Gasteiger partial charge in [0.1, 0.15) is 16.6 Å². The lowest BCUT2D eigenvalue weighted by Gasteiger charge is -2.16. The number of aromatic nitrogens is 3. The van der Waals surface area contributed by atoms with E-state index in [4.69, 9.17) is 5.73 Å². The van der Waals surface area contributed by atoms with Crippen molar-refractivity contribution in [1.82, 2.24) is 15.0 Å². The van der Waals surface area contributed by atoms with Crippen LogP contribution < -0.4 is 16.4 Å². The summed E-state index contributed by atoms with van der Waals surface area (Å²) < 4.78 is 0. The molecule has 6 nitrogen and oxygen atoms in total. The molecule has 0 fully saturated rings. The Bertz CT molecular complexity index is 513. The van der Waals surface area contributed by atoms with Gasteiger partial charge in [-0.15, -0.1) is 11.3 Å². The molecule has 2 heterocycles. The zero-order valence-electron chi connectivity index (χ0n) is 11.1. The van der Waals surface area contributed by atoms with Crippen LogP contribution in [0.5, 0.6) is 0 Å². The molecule has 0 bridgehead atoms. The molecule has 0 aliphatic carbocycles. The number of nitrogens with two attached hydrogens (primary N) is 1. The summed E-state index contributed by atoms with van der Waals surface area (Å²) in [5.74, 6) is 1.70. The summed E-state index contributed by atoms with van der Waals surface area (Å²) in [7, 11) is 0. The number of nitrogens with one attached hydrogen (secondary N) is 2. The maximum Gasteiger partial charge on any atom is 0.223 e. The van der Waals surface area contributed by atoms with Crippen LogP contribution in [0.15, 0.2) is 17.6 Å². The molecule has 7 heteroatoms. The topological polar surface area (TPSA) is 88.8 Å². The van der Waals surface area contributed by atoms with Gasteiger partial charge in [0.05, 0.1) is 6.04 Å². The highest BCUT2D eigenvalue weighted by Crippen LogP contribution is 2.24. The predicted molar refractivity (Wildman–Crippen MR) is 79.4 cm³/mol. The van der Waals surface area contributed by atoms with Crippen molar-refractivity contribution in [3.63, 3.8) is 0 Å². The maximum absolute atomic E-state index is 5.71. The molecule has 0 aliphatic heterocycles. The highest BCUT2D eigenvalue weighted by Gasteiger charge is 2.13. The number of anilines is 3. The summed E-state index contributed by atoms with van der Waals surface area (Å²) >= 11 is 1.63. The van der Waals surface area contributed by atoms with Gasteiger partial charge in [0.2, 0.25) is 5.95 Å². The molecule has 0 spiro atoms. The van der Waals surface area contributed by atoms with E-state index < -0.39 is 0 Å². The van der Waals surface area contributed by atoms with E-state index >= 15 is 0 Å². The SMILES string of the molecule is CCNc1cc(NC(CC)c2nccs2)nc(N)n1. The summed E-state index contributed by atoms with van der Waals surface area (Å²) in [6.07, 6.45) is 2.73. The first-order chi connectivity index (χ1) is 9.22. The second-order valence-electron chi connectivity index (χ2n) is 4.00. The molecule has 4 N–H and O–H groups in total. The summed E-state index contributed by atoms with van der Waals surface area (Å²) in [6, 6.07) is 2.00.